The van der Waals surface area contributed by atoms with Crippen molar-refractivity contribution in [2.45, 2.75) is 0 Å². The SMILES string of the molecule is O=C(ON1C(=O)c2ccc(Br)cc2C1=O)c1c(I)ccc(I)c1I. The van der Waals surface area contributed by atoms with E-state index in [9.17, 15) is 14.4 Å². The van der Waals surface area contributed by atoms with Gasteiger partial charge in [-0.2, -0.15) is 0 Å². The van der Waals surface area contributed by atoms with Crippen molar-refractivity contribution in [3.63, 3.8) is 0 Å². The Morgan fingerprint density at radius 2 is 1.58 bits per heavy atom. The Labute approximate surface area is 186 Å². The second-order valence-electron chi connectivity index (χ2n) is 4.69. The summed E-state index contributed by atoms with van der Waals surface area (Å²) >= 11 is 9.42. The lowest BCUT2D eigenvalue weighted by atomic mass is 10.1. The second-order valence-corrected chi connectivity index (χ2v) is 9.01. The van der Waals surface area contributed by atoms with Crippen molar-refractivity contribution in [2.24, 2.45) is 0 Å². The summed E-state index contributed by atoms with van der Waals surface area (Å²) in [6.07, 6.45) is 0. The molecule has 122 valence electrons. The zero-order chi connectivity index (χ0) is 17.6. The van der Waals surface area contributed by atoms with E-state index in [0.717, 1.165) is 3.57 Å². The molecule has 3 rings (SSSR count). The summed E-state index contributed by atoms with van der Waals surface area (Å²) in [5.74, 6) is -2.04. The molecule has 0 N–H and O–H groups in total. The van der Waals surface area contributed by atoms with Crippen LogP contribution in [-0.2, 0) is 4.84 Å². The second kappa shape index (κ2) is 7.15. The van der Waals surface area contributed by atoms with Gasteiger partial charge in [-0.3, -0.25) is 9.59 Å². The number of nitrogens with zero attached hydrogens (tertiary/aromatic N) is 1. The Bertz CT molecular complexity index is 916. The van der Waals surface area contributed by atoms with Crippen LogP contribution in [0.2, 0.25) is 0 Å². The first-order valence-corrected chi connectivity index (χ1v) is 10.4. The standard InChI is InChI=1S/C15H5BrI3NO4/c16-6-1-2-7-8(5-6)14(22)20(13(7)21)24-15(23)11-9(17)3-4-10(18)12(11)19/h1-5H. The Kier molecular flexibility index (Phi) is 5.51. The molecule has 2 aromatic carbocycles. The number of carbonyl (C=O) groups is 3. The van der Waals surface area contributed by atoms with Crippen molar-refractivity contribution < 1.29 is 19.2 Å². The summed E-state index contributed by atoms with van der Waals surface area (Å²) < 4.78 is 2.94. The minimum absolute atomic E-state index is 0.203. The molecule has 24 heavy (non-hydrogen) atoms. The highest BCUT2D eigenvalue weighted by Gasteiger charge is 2.39. The number of halogens is 4. The molecule has 0 fully saturated rings. The third kappa shape index (κ3) is 3.23. The highest BCUT2D eigenvalue weighted by Crippen LogP contribution is 2.29. The monoisotopic (exact) mass is 723 g/mol. The van der Waals surface area contributed by atoms with E-state index < -0.39 is 17.8 Å². The van der Waals surface area contributed by atoms with Crippen LogP contribution in [0.15, 0.2) is 34.8 Å². The fourth-order valence-electron chi connectivity index (χ4n) is 2.12. The summed E-state index contributed by atoms with van der Waals surface area (Å²) in [7, 11) is 0. The van der Waals surface area contributed by atoms with Crippen LogP contribution in [0.25, 0.3) is 0 Å². The van der Waals surface area contributed by atoms with E-state index >= 15 is 0 Å². The number of benzene rings is 2. The fourth-order valence-corrected chi connectivity index (χ4v) is 4.80. The summed E-state index contributed by atoms with van der Waals surface area (Å²) in [5.41, 5.74) is 0.748. The van der Waals surface area contributed by atoms with Gasteiger partial charge in [-0.05, 0) is 98.1 Å². The molecule has 0 saturated heterocycles. The van der Waals surface area contributed by atoms with Gasteiger partial charge in [0, 0.05) is 15.2 Å². The number of rotatable bonds is 2. The fraction of sp³-hybridized carbons (Fsp3) is 0. The minimum atomic E-state index is -0.740. The number of hydrogen-bond donors (Lipinski definition) is 0. The number of amides is 2. The summed E-state index contributed by atoms with van der Waals surface area (Å²) in [4.78, 5) is 42.3. The number of hydroxylamine groups is 2. The molecule has 0 radical (unpaired) electrons. The number of fused-ring (bicyclic) bond motifs is 1. The van der Waals surface area contributed by atoms with Crippen LogP contribution in [0.3, 0.4) is 0 Å². The molecule has 0 saturated carbocycles. The van der Waals surface area contributed by atoms with Gasteiger partial charge >= 0.3 is 5.97 Å². The quantitative estimate of drug-likeness (QED) is 0.258. The van der Waals surface area contributed by atoms with E-state index in [1.54, 1.807) is 12.1 Å². The maximum atomic E-state index is 12.5. The number of hydrogen-bond acceptors (Lipinski definition) is 4. The zero-order valence-electron chi connectivity index (χ0n) is 11.5. The van der Waals surface area contributed by atoms with Gasteiger partial charge in [0.15, 0.2) is 0 Å². The van der Waals surface area contributed by atoms with Crippen LogP contribution in [-0.4, -0.2) is 22.8 Å². The molecular formula is C15H5BrI3NO4. The molecule has 2 aromatic rings. The summed E-state index contributed by atoms with van der Waals surface area (Å²) in [6.45, 7) is 0. The van der Waals surface area contributed by atoms with E-state index in [1.165, 1.54) is 12.1 Å². The smallest absolute Gasteiger partial charge is 0.324 e. The van der Waals surface area contributed by atoms with E-state index in [-0.39, 0.29) is 11.1 Å². The first-order valence-electron chi connectivity index (χ1n) is 6.35. The normalized spacial score (nSPS) is 13.2. The lowest BCUT2D eigenvalue weighted by Crippen LogP contribution is -2.33. The van der Waals surface area contributed by atoms with Gasteiger partial charge < -0.3 is 4.84 Å². The Morgan fingerprint density at radius 3 is 2.29 bits per heavy atom. The van der Waals surface area contributed by atoms with Crippen molar-refractivity contribution in [3.05, 3.63) is 62.2 Å². The average molecular weight is 724 g/mol. The highest BCUT2D eigenvalue weighted by molar-refractivity contribution is 14.1. The highest BCUT2D eigenvalue weighted by atomic mass is 127. The third-order valence-electron chi connectivity index (χ3n) is 3.23. The van der Waals surface area contributed by atoms with Crippen LogP contribution in [0.1, 0.15) is 31.1 Å². The van der Waals surface area contributed by atoms with Crippen LogP contribution in [0, 0.1) is 10.7 Å². The topological polar surface area (TPSA) is 63.7 Å². The molecule has 1 aliphatic heterocycles. The molecule has 9 heteroatoms. The maximum Gasteiger partial charge on any atom is 0.366 e. The molecule has 0 bridgehead atoms. The molecule has 1 heterocycles. The molecule has 0 aliphatic carbocycles. The molecule has 0 atom stereocenters. The molecule has 5 nitrogen and oxygen atoms in total. The van der Waals surface area contributed by atoms with Gasteiger partial charge in [0.2, 0.25) is 0 Å². The van der Waals surface area contributed by atoms with E-state index in [0.29, 0.717) is 22.2 Å². The molecule has 0 spiro atoms. The molecule has 2 amide bonds. The minimum Gasteiger partial charge on any atom is -0.324 e. The zero-order valence-corrected chi connectivity index (χ0v) is 19.5. The Hall–Kier alpha value is -0.280. The molecule has 1 aliphatic rings. The molecule has 0 aromatic heterocycles. The maximum absolute atomic E-state index is 12.5. The van der Waals surface area contributed by atoms with Crippen molar-refractivity contribution in [1.82, 2.24) is 5.06 Å². The van der Waals surface area contributed by atoms with Crippen molar-refractivity contribution in [1.29, 1.82) is 0 Å². The largest absolute Gasteiger partial charge is 0.366 e. The van der Waals surface area contributed by atoms with Gasteiger partial charge in [0.1, 0.15) is 0 Å². The Morgan fingerprint density at radius 1 is 0.958 bits per heavy atom. The first kappa shape index (κ1) is 18.5. The van der Waals surface area contributed by atoms with Gasteiger partial charge in [0.05, 0.1) is 16.7 Å². The lowest BCUT2D eigenvalue weighted by Gasteiger charge is -2.14. The van der Waals surface area contributed by atoms with Crippen LogP contribution in [0.5, 0.6) is 0 Å². The van der Waals surface area contributed by atoms with E-state index in [2.05, 4.69) is 38.5 Å². The van der Waals surface area contributed by atoms with Gasteiger partial charge in [-0.1, -0.05) is 21.0 Å². The predicted molar refractivity (Wildman–Crippen MR) is 115 cm³/mol. The van der Waals surface area contributed by atoms with Crippen molar-refractivity contribution in [2.75, 3.05) is 0 Å². The molecular weight excluding hydrogens is 719 g/mol. The Balaban J connectivity index is 1.93. The number of imide groups is 1. The van der Waals surface area contributed by atoms with E-state index in [1.807, 2.05) is 51.2 Å². The van der Waals surface area contributed by atoms with Crippen LogP contribution < -0.4 is 0 Å². The number of carbonyl (C=O) groups excluding carboxylic acids is 3. The molecule has 0 unspecified atom stereocenters. The van der Waals surface area contributed by atoms with Crippen LogP contribution in [0.4, 0.5) is 0 Å². The van der Waals surface area contributed by atoms with E-state index in [4.69, 9.17) is 4.84 Å². The van der Waals surface area contributed by atoms with Gasteiger partial charge in [0.25, 0.3) is 11.8 Å². The summed E-state index contributed by atoms with van der Waals surface area (Å²) in [5, 5.41) is 0.519. The predicted octanol–water partition coefficient (Wildman–Crippen LogP) is 4.63. The summed E-state index contributed by atoms with van der Waals surface area (Å²) in [6, 6.07) is 8.36. The van der Waals surface area contributed by atoms with Crippen LogP contribution >= 0.6 is 83.7 Å². The van der Waals surface area contributed by atoms with Gasteiger partial charge in [-0.25, -0.2) is 4.79 Å². The lowest BCUT2D eigenvalue weighted by molar-refractivity contribution is -0.0586. The van der Waals surface area contributed by atoms with Crippen molar-refractivity contribution >= 4 is 101 Å². The first-order chi connectivity index (χ1) is 11.3. The third-order valence-corrected chi connectivity index (χ3v) is 7.68. The van der Waals surface area contributed by atoms with Gasteiger partial charge in [-0.15, -0.1) is 0 Å². The average Bonchev–Trinajstić information content (AvgIpc) is 2.76. The van der Waals surface area contributed by atoms with Crippen molar-refractivity contribution in [3.8, 4) is 0 Å².